The first-order chi connectivity index (χ1) is 14.4. The molecular weight excluding hydrogens is 392 g/mol. The summed E-state index contributed by atoms with van der Waals surface area (Å²) in [6.45, 7) is 8.74. The van der Waals surface area contributed by atoms with Gasteiger partial charge in [-0.3, -0.25) is 0 Å². The number of carboxylic acids is 1. The molecular formula is C22H42O8. The van der Waals surface area contributed by atoms with E-state index in [0.717, 1.165) is 19.3 Å². The maximum Gasteiger partial charge on any atom is 0.373 e. The van der Waals surface area contributed by atoms with Gasteiger partial charge in [0.2, 0.25) is 0 Å². The lowest BCUT2D eigenvalue weighted by Crippen LogP contribution is -2.69. The zero-order valence-corrected chi connectivity index (χ0v) is 19.5. The van der Waals surface area contributed by atoms with Crippen LogP contribution in [-0.4, -0.2) is 61.7 Å². The van der Waals surface area contributed by atoms with Crippen molar-refractivity contribution in [3.63, 3.8) is 0 Å². The zero-order valence-electron chi connectivity index (χ0n) is 19.5. The molecule has 0 amide bonds. The van der Waals surface area contributed by atoms with Gasteiger partial charge in [-0.2, -0.15) is 0 Å². The summed E-state index contributed by atoms with van der Waals surface area (Å²) >= 11 is 0. The topological polar surface area (TPSA) is 101 Å². The summed E-state index contributed by atoms with van der Waals surface area (Å²) in [6.07, 6.45) is 8.79. The summed E-state index contributed by atoms with van der Waals surface area (Å²) in [7, 11) is 0. The summed E-state index contributed by atoms with van der Waals surface area (Å²) in [4.78, 5) is 25.3. The van der Waals surface area contributed by atoms with Gasteiger partial charge in [0.25, 0.3) is 0 Å². The van der Waals surface area contributed by atoms with Gasteiger partial charge in [0.1, 0.15) is 0 Å². The fraction of sp³-hybridized carbons (Fsp3) is 0.909. The first-order valence-electron chi connectivity index (χ1n) is 11.4. The van der Waals surface area contributed by atoms with Crippen LogP contribution in [0.15, 0.2) is 0 Å². The molecule has 0 saturated heterocycles. The van der Waals surface area contributed by atoms with Crippen molar-refractivity contribution in [1.82, 2.24) is 0 Å². The molecule has 0 aliphatic heterocycles. The molecule has 30 heavy (non-hydrogen) atoms. The van der Waals surface area contributed by atoms with E-state index in [4.69, 9.17) is 23.7 Å². The van der Waals surface area contributed by atoms with Crippen LogP contribution >= 0.6 is 0 Å². The molecule has 0 spiro atoms. The molecule has 0 atom stereocenters. The van der Waals surface area contributed by atoms with E-state index in [-0.39, 0.29) is 33.0 Å². The van der Waals surface area contributed by atoms with E-state index in [9.17, 15) is 14.7 Å². The molecule has 1 N–H and O–H groups in total. The van der Waals surface area contributed by atoms with Crippen molar-refractivity contribution in [3.05, 3.63) is 0 Å². The fourth-order valence-corrected chi connectivity index (χ4v) is 3.29. The third-order valence-corrected chi connectivity index (χ3v) is 4.61. The highest BCUT2D eigenvalue weighted by Crippen LogP contribution is 2.35. The maximum absolute atomic E-state index is 13.1. The lowest BCUT2D eigenvalue weighted by Gasteiger charge is -2.42. The van der Waals surface area contributed by atoms with Crippen LogP contribution in [-0.2, 0) is 33.3 Å². The standard InChI is InChI=1S/C22H42O8/c1-6-11-12-13-14-15-16-17-18-26-20(25)22(29-9-4,30-10-5)21(19(23)24,27-7-2)28-8-3/h6-18H2,1-5H3,(H,23,24). The maximum atomic E-state index is 13.1. The van der Waals surface area contributed by atoms with Gasteiger partial charge in [0, 0.05) is 26.4 Å². The lowest BCUT2D eigenvalue weighted by atomic mass is 10.0. The van der Waals surface area contributed by atoms with Crippen molar-refractivity contribution in [2.75, 3.05) is 33.0 Å². The highest BCUT2D eigenvalue weighted by atomic mass is 16.8. The number of rotatable bonds is 20. The summed E-state index contributed by atoms with van der Waals surface area (Å²) in [5.74, 6) is -7.32. The van der Waals surface area contributed by atoms with Gasteiger partial charge in [0.15, 0.2) is 0 Å². The number of carbonyl (C=O) groups excluding carboxylic acids is 1. The van der Waals surface area contributed by atoms with Crippen molar-refractivity contribution in [3.8, 4) is 0 Å². The van der Waals surface area contributed by atoms with Crippen LogP contribution in [0.25, 0.3) is 0 Å². The van der Waals surface area contributed by atoms with E-state index in [0.29, 0.717) is 6.42 Å². The number of carboxylic acid groups (broad SMARTS) is 1. The first kappa shape index (κ1) is 28.8. The highest BCUT2D eigenvalue weighted by molar-refractivity contribution is 5.89. The number of unbranched alkanes of at least 4 members (excludes halogenated alkanes) is 7. The summed E-state index contributed by atoms with van der Waals surface area (Å²) in [5.41, 5.74) is 0. The third kappa shape index (κ3) is 8.13. The van der Waals surface area contributed by atoms with Crippen LogP contribution < -0.4 is 0 Å². The third-order valence-electron chi connectivity index (χ3n) is 4.61. The highest BCUT2D eigenvalue weighted by Gasteiger charge is 2.68. The molecule has 0 rings (SSSR count). The quantitative estimate of drug-likeness (QED) is 0.172. The molecule has 0 fully saturated rings. The Kier molecular flexibility index (Phi) is 15.8. The van der Waals surface area contributed by atoms with Crippen molar-refractivity contribution in [2.45, 2.75) is 97.6 Å². The fourth-order valence-electron chi connectivity index (χ4n) is 3.29. The van der Waals surface area contributed by atoms with Crippen LogP contribution in [0.5, 0.6) is 0 Å². The zero-order chi connectivity index (χ0) is 22.9. The summed E-state index contributed by atoms with van der Waals surface area (Å²) in [5, 5.41) is 9.94. The largest absolute Gasteiger partial charge is 0.477 e. The van der Waals surface area contributed by atoms with Crippen LogP contribution in [0.3, 0.4) is 0 Å². The molecule has 0 aromatic rings. The molecule has 0 radical (unpaired) electrons. The first-order valence-corrected chi connectivity index (χ1v) is 11.4. The van der Waals surface area contributed by atoms with Gasteiger partial charge in [-0.1, -0.05) is 51.9 Å². The van der Waals surface area contributed by atoms with Crippen LogP contribution in [0, 0.1) is 0 Å². The molecule has 178 valence electrons. The second-order valence-corrected chi connectivity index (χ2v) is 6.88. The van der Waals surface area contributed by atoms with Gasteiger partial charge in [0.05, 0.1) is 6.61 Å². The smallest absolute Gasteiger partial charge is 0.373 e. The number of aliphatic carboxylic acids is 1. The Morgan fingerprint density at radius 2 is 1.03 bits per heavy atom. The normalized spacial score (nSPS) is 12.2. The Balaban J connectivity index is 5.21. The Labute approximate surface area is 181 Å². The minimum absolute atomic E-state index is 0.00202. The van der Waals surface area contributed by atoms with Crippen molar-refractivity contribution in [2.24, 2.45) is 0 Å². The molecule has 0 saturated carbocycles. The van der Waals surface area contributed by atoms with Gasteiger partial charge >= 0.3 is 23.5 Å². The van der Waals surface area contributed by atoms with E-state index in [1.54, 1.807) is 27.7 Å². The monoisotopic (exact) mass is 434 g/mol. The summed E-state index contributed by atoms with van der Waals surface area (Å²) in [6, 6.07) is 0. The SMILES string of the molecule is CCCCCCCCCCOC(=O)C(OCC)(OCC)C(OCC)(OCC)C(=O)O. The molecule has 0 aromatic carbocycles. The van der Waals surface area contributed by atoms with E-state index in [2.05, 4.69) is 6.92 Å². The molecule has 8 nitrogen and oxygen atoms in total. The van der Waals surface area contributed by atoms with Crippen molar-refractivity contribution in [1.29, 1.82) is 0 Å². The average molecular weight is 435 g/mol. The molecule has 0 aliphatic carbocycles. The van der Waals surface area contributed by atoms with E-state index < -0.39 is 23.5 Å². The number of carbonyl (C=O) groups is 2. The number of ether oxygens (including phenoxy) is 5. The van der Waals surface area contributed by atoms with Crippen LogP contribution in [0.2, 0.25) is 0 Å². The average Bonchev–Trinajstić information content (AvgIpc) is 2.71. The Morgan fingerprint density at radius 3 is 1.43 bits per heavy atom. The van der Waals surface area contributed by atoms with Gasteiger partial charge in [-0.15, -0.1) is 0 Å². The van der Waals surface area contributed by atoms with E-state index >= 15 is 0 Å². The van der Waals surface area contributed by atoms with Gasteiger partial charge in [-0.25, -0.2) is 9.59 Å². The van der Waals surface area contributed by atoms with E-state index in [1.165, 1.54) is 25.7 Å². The minimum atomic E-state index is -2.47. The second-order valence-electron chi connectivity index (χ2n) is 6.88. The number of esters is 1. The van der Waals surface area contributed by atoms with Gasteiger partial charge in [-0.05, 0) is 34.1 Å². The predicted molar refractivity (Wildman–Crippen MR) is 113 cm³/mol. The lowest BCUT2D eigenvalue weighted by molar-refractivity contribution is -0.382. The second kappa shape index (κ2) is 16.5. The summed E-state index contributed by atoms with van der Waals surface area (Å²) < 4.78 is 27.4. The molecule has 0 unspecified atom stereocenters. The van der Waals surface area contributed by atoms with Crippen molar-refractivity contribution >= 4 is 11.9 Å². The number of hydrogen-bond donors (Lipinski definition) is 1. The molecule has 8 heteroatoms. The molecule has 0 heterocycles. The van der Waals surface area contributed by atoms with Crippen LogP contribution in [0.4, 0.5) is 0 Å². The van der Waals surface area contributed by atoms with Crippen molar-refractivity contribution < 1.29 is 38.4 Å². The molecule has 0 bridgehead atoms. The Hall–Kier alpha value is -1.22. The Bertz CT molecular complexity index is 454. The van der Waals surface area contributed by atoms with Crippen LogP contribution in [0.1, 0.15) is 86.0 Å². The number of hydrogen-bond acceptors (Lipinski definition) is 7. The Morgan fingerprint density at radius 1 is 0.633 bits per heavy atom. The minimum Gasteiger partial charge on any atom is -0.477 e. The van der Waals surface area contributed by atoms with Gasteiger partial charge < -0.3 is 28.8 Å². The van der Waals surface area contributed by atoms with E-state index in [1.807, 2.05) is 0 Å². The molecule has 0 aliphatic rings. The predicted octanol–water partition coefficient (Wildman–Crippen LogP) is 4.29. The molecule has 0 aromatic heterocycles.